The molecule has 1 aromatic carbocycles. The molecule has 126 valence electrons. The van der Waals surface area contributed by atoms with Crippen molar-refractivity contribution >= 4 is 11.9 Å². The Morgan fingerprint density at radius 2 is 1.96 bits per heavy atom. The minimum absolute atomic E-state index is 0.0443. The van der Waals surface area contributed by atoms with E-state index in [2.05, 4.69) is 10.6 Å². The summed E-state index contributed by atoms with van der Waals surface area (Å²) in [7, 11) is 3.33. The van der Waals surface area contributed by atoms with E-state index >= 15 is 0 Å². The number of benzene rings is 1. The second kappa shape index (κ2) is 8.53. The van der Waals surface area contributed by atoms with Gasteiger partial charge < -0.3 is 20.3 Å². The van der Waals surface area contributed by atoms with Crippen LogP contribution in [0.5, 0.6) is 0 Å². The van der Waals surface area contributed by atoms with E-state index < -0.39 is 0 Å². The Labute approximate surface area is 137 Å². The zero-order valence-electron chi connectivity index (χ0n) is 13.8. The molecule has 0 aliphatic carbocycles. The predicted octanol–water partition coefficient (Wildman–Crippen LogP) is 1.76. The van der Waals surface area contributed by atoms with Crippen molar-refractivity contribution in [2.45, 2.75) is 31.9 Å². The molecule has 1 aromatic rings. The van der Waals surface area contributed by atoms with Gasteiger partial charge >= 0.3 is 6.03 Å². The summed E-state index contributed by atoms with van der Waals surface area (Å²) in [5.41, 5.74) is 1.58. The topological polar surface area (TPSA) is 70.7 Å². The third kappa shape index (κ3) is 4.96. The Morgan fingerprint density at radius 3 is 2.61 bits per heavy atom. The van der Waals surface area contributed by atoms with Gasteiger partial charge in [-0.1, -0.05) is 12.1 Å². The van der Waals surface area contributed by atoms with Crippen LogP contribution in [0.1, 0.15) is 35.2 Å². The predicted molar refractivity (Wildman–Crippen MR) is 88.3 cm³/mol. The fraction of sp³-hybridized carbons (Fsp3) is 0.529. The van der Waals surface area contributed by atoms with E-state index in [0.717, 1.165) is 37.9 Å². The third-order valence-electron chi connectivity index (χ3n) is 4.18. The van der Waals surface area contributed by atoms with Crippen LogP contribution in [0.2, 0.25) is 0 Å². The molecule has 2 rings (SSSR count). The largest absolute Gasteiger partial charge is 0.381 e. The smallest absolute Gasteiger partial charge is 0.317 e. The number of rotatable bonds is 4. The number of hydrogen-bond donors (Lipinski definition) is 2. The first kappa shape index (κ1) is 17.3. The highest BCUT2D eigenvalue weighted by Gasteiger charge is 2.20. The minimum Gasteiger partial charge on any atom is -0.381 e. The lowest BCUT2D eigenvalue weighted by molar-refractivity contribution is 0.0905. The van der Waals surface area contributed by atoms with Crippen molar-refractivity contribution in [3.8, 4) is 0 Å². The van der Waals surface area contributed by atoms with E-state index in [0.29, 0.717) is 12.1 Å². The van der Waals surface area contributed by atoms with Gasteiger partial charge in [0.15, 0.2) is 0 Å². The number of amides is 3. The molecule has 0 radical (unpaired) electrons. The highest BCUT2D eigenvalue weighted by atomic mass is 16.5. The molecule has 6 heteroatoms. The first-order valence-corrected chi connectivity index (χ1v) is 8.00. The molecular formula is C17H25N3O3. The van der Waals surface area contributed by atoms with Crippen LogP contribution < -0.4 is 10.6 Å². The number of ether oxygens (including phenoxy) is 1. The van der Waals surface area contributed by atoms with Gasteiger partial charge in [-0.05, 0) is 37.0 Å². The maximum atomic E-state index is 12.3. The number of nitrogens with one attached hydrogen (secondary N) is 2. The van der Waals surface area contributed by atoms with Crippen LogP contribution in [-0.2, 0) is 11.3 Å². The summed E-state index contributed by atoms with van der Waals surface area (Å²) in [4.78, 5) is 25.6. The van der Waals surface area contributed by atoms with Gasteiger partial charge in [0.2, 0.25) is 0 Å². The number of urea groups is 1. The molecule has 1 unspecified atom stereocenters. The number of hydrogen-bond acceptors (Lipinski definition) is 3. The van der Waals surface area contributed by atoms with Crippen molar-refractivity contribution in [2.75, 3.05) is 27.2 Å². The average molecular weight is 319 g/mol. The fourth-order valence-electron chi connectivity index (χ4n) is 2.71. The van der Waals surface area contributed by atoms with Gasteiger partial charge in [0.1, 0.15) is 0 Å². The van der Waals surface area contributed by atoms with Gasteiger partial charge in [-0.15, -0.1) is 0 Å². The zero-order chi connectivity index (χ0) is 16.7. The minimum atomic E-state index is -0.113. The van der Waals surface area contributed by atoms with Crippen LogP contribution in [0.4, 0.5) is 4.79 Å². The Balaban J connectivity index is 1.83. The van der Waals surface area contributed by atoms with Crippen molar-refractivity contribution in [2.24, 2.45) is 0 Å². The van der Waals surface area contributed by atoms with Crippen LogP contribution >= 0.6 is 0 Å². The molecular weight excluding hydrogens is 294 g/mol. The average Bonchev–Trinajstić information content (AvgIpc) is 2.85. The molecule has 0 spiro atoms. The molecule has 23 heavy (non-hydrogen) atoms. The second-order valence-corrected chi connectivity index (χ2v) is 5.71. The first-order chi connectivity index (χ1) is 11.1. The first-order valence-electron chi connectivity index (χ1n) is 8.00. The molecule has 0 aromatic heterocycles. The fourth-order valence-corrected chi connectivity index (χ4v) is 2.71. The van der Waals surface area contributed by atoms with Crippen molar-refractivity contribution in [1.29, 1.82) is 0 Å². The van der Waals surface area contributed by atoms with Gasteiger partial charge in [-0.25, -0.2) is 4.79 Å². The summed E-state index contributed by atoms with van der Waals surface area (Å²) in [5, 5.41) is 5.52. The van der Waals surface area contributed by atoms with Crippen molar-refractivity contribution < 1.29 is 14.3 Å². The Morgan fingerprint density at radius 1 is 1.22 bits per heavy atom. The maximum Gasteiger partial charge on any atom is 0.317 e. The van der Waals surface area contributed by atoms with Gasteiger partial charge in [0.05, 0.1) is 6.10 Å². The number of carbonyl (C=O) groups excluding carboxylic acids is 2. The second-order valence-electron chi connectivity index (χ2n) is 5.71. The van der Waals surface area contributed by atoms with Crippen LogP contribution in [-0.4, -0.2) is 50.2 Å². The van der Waals surface area contributed by atoms with Crippen LogP contribution in [0, 0.1) is 0 Å². The van der Waals surface area contributed by atoms with Gasteiger partial charge in [0, 0.05) is 39.4 Å². The van der Waals surface area contributed by atoms with Crippen LogP contribution in [0.3, 0.4) is 0 Å². The van der Waals surface area contributed by atoms with Crippen molar-refractivity contribution in [3.05, 3.63) is 35.4 Å². The SMILES string of the molecule is CNC(=O)c1ccc(CNC(=O)N2CCCC(OC)CC2)cc1. The molecule has 2 N–H and O–H groups in total. The van der Waals surface area contributed by atoms with Crippen LogP contribution in [0.15, 0.2) is 24.3 Å². The summed E-state index contributed by atoms with van der Waals surface area (Å²) in [6.45, 7) is 1.94. The Bertz CT molecular complexity index is 530. The van der Waals surface area contributed by atoms with E-state index in [1.54, 1.807) is 26.3 Å². The molecule has 1 aliphatic rings. The molecule has 6 nitrogen and oxygen atoms in total. The monoisotopic (exact) mass is 319 g/mol. The van der Waals surface area contributed by atoms with E-state index in [9.17, 15) is 9.59 Å². The maximum absolute atomic E-state index is 12.3. The summed E-state index contributed by atoms with van der Waals surface area (Å²) in [6.07, 6.45) is 3.10. The molecule has 1 heterocycles. The summed E-state index contributed by atoms with van der Waals surface area (Å²) >= 11 is 0. The lowest BCUT2D eigenvalue weighted by Crippen LogP contribution is -2.40. The van der Waals surface area contributed by atoms with E-state index in [-0.39, 0.29) is 18.0 Å². The number of nitrogens with zero attached hydrogens (tertiary/aromatic N) is 1. The molecule has 1 saturated heterocycles. The van der Waals surface area contributed by atoms with Crippen molar-refractivity contribution in [1.82, 2.24) is 15.5 Å². The number of likely N-dealkylation sites (tertiary alicyclic amines) is 1. The molecule has 0 bridgehead atoms. The van der Waals surface area contributed by atoms with E-state index in [4.69, 9.17) is 4.74 Å². The number of methoxy groups -OCH3 is 1. The summed E-state index contributed by atoms with van der Waals surface area (Å²) in [5.74, 6) is -0.113. The van der Waals surface area contributed by atoms with Crippen molar-refractivity contribution in [3.63, 3.8) is 0 Å². The molecule has 3 amide bonds. The standard InChI is InChI=1S/C17H25N3O3/c1-18-16(21)14-7-5-13(6-8-14)12-19-17(22)20-10-3-4-15(23-2)9-11-20/h5-8,15H,3-4,9-12H2,1-2H3,(H,18,21)(H,19,22). The molecule has 1 fully saturated rings. The molecule has 0 saturated carbocycles. The molecule has 1 aliphatic heterocycles. The van der Waals surface area contributed by atoms with Crippen LogP contribution in [0.25, 0.3) is 0 Å². The Hall–Kier alpha value is -2.08. The quantitative estimate of drug-likeness (QED) is 0.888. The molecule has 1 atom stereocenters. The Kier molecular flexibility index (Phi) is 6.40. The summed E-state index contributed by atoms with van der Waals surface area (Å²) in [6, 6.07) is 7.19. The third-order valence-corrected chi connectivity index (χ3v) is 4.18. The lowest BCUT2D eigenvalue weighted by atomic mass is 10.1. The van der Waals surface area contributed by atoms with Gasteiger partial charge in [-0.3, -0.25) is 4.79 Å². The van der Waals surface area contributed by atoms with Gasteiger partial charge in [-0.2, -0.15) is 0 Å². The van der Waals surface area contributed by atoms with Gasteiger partial charge in [0.25, 0.3) is 5.91 Å². The zero-order valence-corrected chi connectivity index (χ0v) is 13.8. The lowest BCUT2D eigenvalue weighted by Gasteiger charge is -2.21. The van der Waals surface area contributed by atoms with E-state index in [1.807, 2.05) is 17.0 Å². The highest BCUT2D eigenvalue weighted by Crippen LogP contribution is 2.13. The van der Waals surface area contributed by atoms with E-state index in [1.165, 1.54) is 0 Å². The highest BCUT2D eigenvalue weighted by molar-refractivity contribution is 5.93. The summed E-state index contributed by atoms with van der Waals surface area (Å²) < 4.78 is 5.38. The normalized spacial score (nSPS) is 18.2. The number of carbonyl (C=O) groups is 2.